The van der Waals surface area contributed by atoms with Crippen LogP contribution in [-0.2, 0) is 22.1 Å². The van der Waals surface area contributed by atoms with Crippen LogP contribution in [0.25, 0.3) is 16.9 Å². The Morgan fingerprint density at radius 2 is 1.96 bits per heavy atom. The van der Waals surface area contributed by atoms with E-state index in [-0.39, 0.29) is 35.6 Å². The average Bonchev–Trinajstić information content (AvgIpc) is 3.10. The first-order valence-electron chi connectivity index (χ1n) is 8.05. The molecule has 0 saturated carbocycles. The Bertz CT molecular complexity index is 1000. The predicted octanol–water partition coefficient (Wildman–Crippen LogP) is 3.19. The molecule has 0 radical (unpaired) electrons. The number of fused-ring (bicyclic) bond motifs is 1. The van der Waals surface area contributed by atoms with Crippen LogP contribution in [0.3, 0.4) is 0 Å². The molecule has 3 aromatic rings. The molecule has 3 rings (SSSR count). The number of aromatic nitrogens is 3. The monoisotopic (exact) mass is 414 g/mol. The van der Waals surface area contributed by atoms with Gasteiger partial charge in [0.2, 0.25) is 0 Å². The number of nitrogens with zero attached hydrogens (tertiary/aromatic N) is 3. The van der Waals surface area contributed by atoms with Crippen LogP contribution < -0.4 is 5.73 Å². The third kappa shape index (κ3) is 3.95. The number of carbonyl (C=O) groups excluding carboxylic acids is 1. The fraction of sp³-hybridized carbons (Fsp3) is 0.278. The van der Waals surface area contributed by atoms with Crippen LogP contribution in [0.15, 0.2) is 36.8 Å². The van der Waals surface area contributed by atoms with E-state index in [1.807, 2.05) is 0 Å². The van der Waals surface area contributed by atoms with Crippen molar-refractivity contribution in [3.8, 4) is 11.3 Å². The number of pyridine rings is 2. The summed E-state index contributed by atoms with van der Waals surface area (Å²) in [5.41, 5.74) is 6.05. The molecule has 0 aromatic carbocycles. The van der Waals surface area contributed by atoms with Crippen LogP contribution in [0, 0.1) is 6.92 Å². The number of hydrogen-bond acceptors (Lipinski definition) is 5. The number of carbonyl (C=O) groups is 1. The van der Waals surface area contributed by atoms with E-state index < -0.39 is 23.8 Å². The summed E-state index contributed by atoms with van der Waals surface area (Å²) in [6.07, 6.45) is -0.00688. The van der Waals surface area contributed by atoms with Crippen LogP contribution in [-0.4, -0.2) is 33.5 Å². The van der Waals surface area contributed by atoms with Gasteiger partial charge in [0.05, 0.1) is 18.4 Å². The molecule has 0 aliphatic rings. The van der Waals surface area contributed by atoms with Crippen molar-refractivity contribution in [3.63, 3.8) is 0 Å². The summed E-state index contributed by atoms with van der Waals surface area (Å²) in [6, 6.07) is 3.54. The van der Waals surface area contributed by atoms with Crippen LogP contribution in [0.2, 0.25) is 0 Å². The number of alkyl halides is 3. The molecule has 6 nitrogen and oxygen atoms in total. The Hall–Kier alpha value is -2.65. The van der Waals surface area contributed by atoms with E-state index in [0.29, 0.717) is 11.3 Å². The van der Waals surface area contributed by atoms with Gasteiger partial charge in [-0.15, -0.1) is 12.4 Å². The Kier molecular flexibility index (Phi) is 6.30. The molecule has 150 valence electrons. The fourth-order valence-electron chi connectivity index (χ4n) is 3.00. The van der Waals surface area contributed by atoms with Crippen molar-refractivity contribution in [1.29, 1.82) is 0 Å². The fourth-order valence-corrected chi connectivity index (χ4v) is 3.00. The van der Waals surface area contributed by atoms with Crippen LogP contribution in [0.5, 0.6) is 0 Å². The Balaban J connectivity index is 0.00000280. The van der Waals surface area contributed by atoms with Crippen LogP contribution in [0.4, 0.5) is 13.2 Å². The number of rotatable bonds is 4. The Morgan fingerprint density at radius 1 is 1.25 bits per heavy atom. The van der Waals surface area contributed by atoms with Gasteiger partial charge in [-0.05, 0) is 30.7 Å². The number of nitrogens with two attached hydrogens (primary N) is 1. The van der Waals surface area contributed by atoms with E-state index >= 15 is 0 Å². The Morgan fingerprint density at radius 3 is 2.61 bits per heavy atom. The maximum Gasteiger partial charge on any atom is 0.418 e. The molecule has 3 heterocycles. The molecular formula is C18H18ClF3N4O2. The normalized spacial score (nSPS) is 12.5. The van der Waals surface area contributed by atoms with Crippen molar-refractivity contribution in [3.05, 3.63) is 53.6 Å². The standard InChI is InChI=1S/C18H17F3N4O2.ClH/c1-10-5-6-23-15(14(10)18(19,20)21)12-4-3-11(9-13(22)17(26)27-2)25-8-7-24-16(12)25;/h3-8,13H,9,22H2,1-2H3;1H/t13-;/m0./s1. The molecule has 1 atom stereocenters. The van der Waals surface area contributed by atoms with E-state index in [2.05, 4.69) is 14.7 Å². The SMILES string of the molecule is COC(=O)[C@@H](N)Cc1ccc(-c2nccc(C)c2C(F)(F)F)c2nccn12.Cl. The molecule has 0 spiro atoms. The van der Waals surface area contributed by atoms with Crippen molar-refractivity contribution in [2.45, 2.75) is 25.6 Å². The van der Waals surface area contributed by atoms with Crippen LogP contribution >= 0.6 is 12.4 Å². The number of aryl methyl sites for hydroxylation is 1. The van der Waals surface area contributed by atoms with Gasteiger partial charge < -0.3 is 14.9 Å². The molecule has 0 aliphatic heterocycles. The molecule has 3 aromatic heterocycles. The van der Waals surface area contributed by atoms with Gasteiger partial charge >= 0.3 is 12.1 Å². The summed E-state index contributed by atoms with van der Waals surface area (Å²) in [7, 11) is 1.24. The van der Waals surface area contributed by atoms with E-state index in [4.69, 9.17) is 5.73 Å². The van der Waals surface area contributed by atoms with Gasteiger partial charge in [0.25, 0.3) is 0 Å². The summed E-state index contributed by atoms with van der Waals surface area (Å²) in [5, 5.41) is 0. The third-order valence-corrected chi connectivity index (χ3v) is 4.26. The second kappa shape index (κ2) is 8.15. The lowest BCUT2D eigenvalue weighted by molar-refractivity contribution is -0.142. The molecule has 0 fully saturated rings. The predicted molar refractivity (Wildman–Crippen MR) is 99.1 cm³/mol. The van der Waals surface area contributed by atoms with E-state index in [1.54, 1.807) is 16.7 Å². The lowest BCUT2D eigenvalue weighted by atomic mass is 10.0. The van der Waals surface area contributed by atoms with Gasteiger partial charge in [-0.3, -0.25) is 9.78 Å². The van der Waals surface area contributed by atoms with Crippen LogP contribution in [0.1, 0.15) is 16.8 Å². The topological polar surface area (TPSA) is 82.5 Å². The number of ether oxygens (including phenoxy) is 1. The smallest absolute Gasteiger partial charge is 0.418 e. The van der Waals surface area contributed by atoms with Gasteiger partial charge in [-0.1, -0.05) is 0 Å². The minimum atomic E-state index is -4.55. The van der Waals surface area contributed by atoms with Gasteiger partial charge in [0.15, 0.2) is 0 Å². The first kappa shape index (κ1) is 21.6. The highest BCUT2D eigenvalue weighted by atomic mass is 35.5. The van der Waals surface area contributed by atoms with E-state index in [1.165, 1.54) is 38.6 Å². The molecule has 10 heteroatoms. The van der Waals surface area contributed by atoms with Gasteiger partial charge in [-0.25, -0.2) is 4.98 Å². The molecule has 0 bridgehead atoms. The average molecular weight is 415 g/mol. The molecule has 28 heavy (non-hydrogen) atoms. The first-order chi connectivity index (χ1) is 12.7. The quantitative estimate of drug-likeness (QED) is 0.663. The highest BCUT2D eigenvalue weighted by molar-refractivity contribution is 5.85. The molecule has 2 N–H and O–H groups in total. The maximum atomic E-state index is 13.6. The van der Waals surface area contributed by atoms with E-state index in [0.717, 1.165) is 0 Å². The number of methoxy groups -OCH3 is 1. The lowest BCUT2D eigenvalue weighted by Gasteiger charge is -2.16. The zero-order valence-electron chi connectivity index (χ0n) is 15.0. The van der Waals surface area contributed by atoms with Crippen molar-refractivity contribution >= 4 is 24.0 Å². The van der Waals surface area contributed by atoms with Gasteiger partial charge in [-0.2, -0.15) is 13.2 Å². The highest BCUT2D eigenvalue weighted by Gasteiger charge is 2.37. The van der Waals surface area contributed by atoms with Crippen molar-refractivity contribution in [2.24, 2.45) is 5.73 Å². The summed E-state index contributed by atoms with van der Waals surface area (Å²) >= 11 is 0. The minimum Gasteiger partial charge on any atom is -0.468 e. The van der Waals surface area contributed by atoms with Crippen molar-refractivity contribution in [2.75, 3.05) is 7.11 Å². The number of hydrogen-bond donors (Lipinski definition) is 1. The van der Waals surface area contributed by atoms with Gasteiger partial charge in [0, 0.05) is 36.3 Å². The zero-order chi connectivity index (χ0) is 19.8. The first-order valence-corrected chi connectivity index (χ1v) is 8.05. The largest absolute Gasteiger partial charge is 0.468 e. The Labute approximate surface area is 165 Å². The summed E-state index contributed by atoms with van der Waals surface area (Å²) < 4.78 is 46.9. The summed E-state index contributed by atoms with van der Waals surface area (Å²) in [5.74, 6) is -0.577. The minimum absolute atomic E-state index is 0. The molecule has 0 amide bonds. The second-order valence-corrected chi connectivity index (χ2v) is 6.04. The lowest BCUT2D eigenvalue weighted by Crippen LogP contribution is -2.34. The molecule has 0 unspecified atom stereocenters. The third-order valence-electron chi connectivity index (χ3n) is 4.26. The number of halogens is 4. The molecule has 0 aliphatic carbocycles. The highest BCUT2D eigenvalue weighted by Crippen LogP contribution is 2.39. The maximum absolute atomic E-state index is 13.6. The second-order valence-electron chi connectivity index (χ2n) is 6.04. The summed E-state index contributed by atoms with van der Waals surface area (Å²) in [6.45, 7) is 1.39. The number of esters is 1. The van der Waals surface area contributed by atoms with Gasteiger partial charge in [0.1, 0.15) is 11.7 Å². The number of imidazole rings is 1. The molecular weight excluding hydrogens is 397 g/mol. The molecule has 0 saturated heterocycles. The van der Waals surface area contributed by atoms with E-state index in [9.17, 15) is 18.0 Å². The summed E-state index contributed by atoms with van der Waals surface area (Å²) in [4.78, 5) is 19.7. The zero-order valence-corrected chi connectivity index (χ0v) is 15.8. The van der Waals surface area contributed by atoms with Crippen molar-refractivity contribution < 1.29 is 22.7 Å². The van der Waals surface area contributed by atoms with Crippen molar-refractivity contribution in [1.82, 2.24) is 14.4 Å².